The van der Waals surface area contributed by atoms with Gasteiger partial charge < -0.3 is 9.73 Å². The van der Waals surface area contributed by atoms with Crippen LogP contribution in [-0.2, 0) is 0 Å². The van der Waals surface area contributed by atoms with Gasteiger partial charge in [-0.2, -0.15) is 0 Å². The number of fused-ring (bicyclic) bond motifs is 1. The van der Waals surface area contributed by atoms with Gasteiger partial charge in [-0.3, -0.25) is 4.40 Å². The van der Waals surface area contributed by atoms with Crippen LogP contribution in [0.2, 0.25) is 0 Å². The number of hydrogen-bond acceptors (Lipinski definition) is 4. The lowest BCUT2D eigenvalue weighted by atomic mass is 10.2. The topological polar surface area (TPSA) is 55.4 Å². The Morgan fingerprint density at radius 2 is 1.68 bits per heavy atom. The Labute approximate surface area is 146 Å². The first kappa shape index (κ1) is 15.4. The molecule has 0 bridgehead atoms. The summed E-state index contributed by atoms with van der Waals surface area (Å²) in [5.74, 6) is 3.11. The molecule has 5 nitrogen and oxygen atoms in total. The number of hydrogen-bond donors (Lipinski definition) is 1. The monoisotopic (exact) mass is 332 g/mol. The van der Waals surface area contributed by atoms with Crippen LogP contribution in [-0.4, -0.2) is 14.4 Å². The molecule has 0 radical (unpaired) electrons. The van der Waals surface area contributed by atoms with Crippen molar-refractivity contribution in [3.8, 4) is 11.5 Å². The van der Waals surface area contributed by atoms with Gasteiger partial charge in [-0.25, -0.2) is 9.97 Å². The SMILES string of the molecule is Cc1ccc(Nc2c(-c3ccc(C)o3)nc3nc(C)cc(C)n23)cc1. The van der Waals surface area contributed by atoms with Crippen LogP contribution in [0.5, 0.6) is 0 Å². The summed E-state index contributed by atoms with van der Waals surface area (Å²) in [6, 6.07) is 14.2. The average Bonchev–Trinajstić information content (AvgIpc) is 3.13. The number of aryl methyl sites for hydroxylation is 4. The molecule has 0 unspecified atom stereocenters. The lowest BCUT2D eigenvalue weighted by molar-refractivity contribution is 0.547. The third-order valence-electron chi connectivity index (χ3n) is 4.19. The van der Waals surface area contributed by atoms with Crippen LogP contribution >= 0.6 is 0 Å². The highest BCUT2D eigenvalue weighted by Gasteiger charge is 2.19. The molecule has 3 aromatic heterocycles. The Kier molecular flexibility index (Phi) is 3.57. The summed E-state index contributed by atoms with van der Waals surface area (Å²) in [5.41, 5.74) is 4.99. The number of anilines is 2. The smallest absolute Gasteiger partial charge is 0.236 e. The molecule has 25 heavy (non-hydrogen) atoms. The minimum atomic E-state index is 0.663. The molecule has 4 aromatic rings. The molecule has 0 aliphatic carbocycles. The predicted octanol–water partition coefficient (Wildman–Crippen LogP) is 4.97. The van der Waals surface area contributed by atoms with Crippen molar-refractivity contribution in [3.05, 3.63) is 65.2 Å². The van der Waals surface area contributed by atoms with E-state index in [2.05, 4.69) is 48.4 Å². The number of nitrogens with zero attached hydrogens (tertiary/aromatic N) is 3. The van der Waals surface area contributed by atoms with E-state index >= 15 is 0 Å². The summed E-state index contributed by atoms with van der Waals surface area (Å²) in [6.45, 7) is 8.04. The molecular weight excluding hydrogens is 312 g/mol. The van der Waals surface area contributed by atoms with Crippen LogP contribution in [0.1, 0.15) is 22.7 Å². The number of imidazole rings is 1. The molecule has 0 aliphatic heterocycles. The zero-order chi connectivity index (χ0) is 17.6. The Morgan fingerprint density at radius 3 is 2.36 bits per heavy atom. The van der Waals surface area contributed by atoms with Crippen molar-refractivity contribution >= 4 is 17.3 Å². The highest BCUT2D eigenvalue weighted by molar-refractivity contribution is 5.77. The fourth-order valence-corrected chi connectivity index (χ4v) is 3.00. The fraction of sp³-hybridized carbons (Fsp3) is 0.200. The van der Waals surface area contributed by atoms with Crippen molar-refractivity contribution in [1.29, 1.82) is 0 Å². The van der Waals surface area contributed by atoms with Crippen molar-refractivity contribution in [3.63, 3.8) is 0 Å². The lowest BCUT2D eigenvalue weighted by Crippen LogP contribution is -2.01. The largest absolute Gasteiger partial charge is 0.460 e. The van der Waals surface area contributed by atoms with Crippen LogP contribution in [0.15, 0.2) is 46.9 Å². The van der Waals surface area contributed by atoms with Gasteiger partial charge in [0, 0.05) is 17.1 Å². The standard InChI is InChI=1S/C20H20N4O/c1-12-5-8-16(9-6-12)22-19-18(17-10-7-15(4)25-17)23-20-21-13(2)11-14(3)24(19)20/h5-11,22H,1-4H3. The van der Waals surface area contributed by atoms with Crippen LogP contribution < -0.4 is 5.32 Å². The molecule has 1 aromatic carbocycles. The molecule has 0 spiro atoms. The zero-order valence-corrected chi connectivity index (χ0v) is 14.8. The predicted molar refractivity (Wildman–Crippen MR) is 99.4 cm³/mol. The van der Waals surface area contributed by atoms with E-state index in [0.29, 0.717) is 5.78 Å². The fourth-order valence-electron chi connectivity index (χ4n) is 3.00. The second kappa shape index (κ2) is 5.77. The molecule has 5 heteroatoms. The second-order valence-electron chi connectivity index (χ2n) is 6.38. The minimum Gasteiger partial charge on any atom is -0.460 e. The van der Waals surface area contributed by atoms with Crippen LogP contribution in [0.25, 0.3) is 17.2 Å². The second-order valence-corrected chi connectivity index (χ2v) is 6.38. The molecule has 0 amide bonds. The molecule has 3 heterocycles. The summed E-state index contributed by atoms with van der Waals surface area (Å²) in [4.78, 5) is 9.30. The first-order chi connectivity index (χ1) is 12.0. The van der Waals surface area contributed by atoms with Gasteiger partial charge in [0.05, 0.1) is 0 Å². The molecule has 0 fully saturated rings. The van der Waals surface area contributed by atoms with Gasteiger partial charge in [0.15, 0.2) is 11.5 Å². The van der Waals surface area contributed by atoms with Gasteiger partial charge >= 0.3 is 0 Å². The van der Waals surface area contributed by atoms with Crippen molar-refractivity contribution < 1.29 is 4.42 Å². The molecule has 0 atom stereocenters. The Bertz CT molecular complexity index is 1060. The maximum Gasteiger partial charge on any atom is 0.236 e. The number of nitrogens with one attached hydrogen (secondary N) is 1. The van der Waals surface area contributed by atoms with Crippen LogP contribution in [0.4, 0.5) is 11.5 Å². The van der Waals surface area contributed by atoms with Crippen LogP contribution in [0, 0.1) is 27.7 Å². The molecular formula is C20H20N4O. The maximum atomic E-state index is 5.82. The first-order valence-electron chi connectivity index (χ1n) is 8.28. The van der Waals surface area contributed by atoms with Gasteiger partial charge in [-0.15, -0.1) is 0 Å². The van der Waals surface area contributed by atoms with Crippen LogP contribution in [0.3, 0.4) is 0 Å². The van der Waals surface area contributed by atoms with Crippen molar-refractivity contribution in [2.75, 3.05) is 5.32 Å². The molecule has 0 aliphatic rings. The normalized spacial score (nSPS) is 11.2. The van der Waals surface area contributed by atoms with Gasteiger partial charge in [0.2, 0.25) is 5.78 Å². The molecule has 0 saturated carbocycles. The van der Waals surface area contributed by atoms with E-state index in [9.17, 15) is 0 Å². The van der Waals surface area contributed by atoms with Gasteiger partial charge in [0.25, 0.3) is 0 Å². The third kappa shape index (κ3) is 2.78. The summed E-state index contributed by atoms with van der Waals surface area (Å²) in [5, 5.41) is 3.49. The highest BCUT2D eigenvalue weighted by Crippen LogP contribution is 2.32. The number of furan rings is 1. The summed E-state index contributed by atoms with van der Waals surface area (Å²) in [6.07, 6.45) is 0. The van der Waals surface area contributed by atoms with Crippen molar-refractivity contribution in [2.45, 2.75) is 27.7 Å². The van der Waals surface area contributed by atoms with Gasteiger partial charge in [-0.1, -0.05) is 17.7 Å². The van der Waals surface area contributed by atoms with Crippen molar-refractivity contribution in [2.24, 2.45) is 0 Å². The Hall–Kier alpha value is -3.08. The van der Waals surface area contributed by atoms with E-state index in [1.165, 1.54) is 5.56 Å². The van der Waals surface area contributed by atoms with E-state index in [4.69, 9.17) is 9.40 Å². The van der Waals surface area contributed by atoms with E-state index in [1.807, 2.05) is 36.4 Å². The minimum absolute atomic E-state index is 0.663. The van der Waals surface area contributed by atoms with E-state index in [-0.39, 0.29) is 0 Å². The maximum absolute atomic E-state index is 5.82. The Balaban J connectivity index is 1.93. The zero-order valence-electron chi connectivity index (χ0n) is 14.8. The van der Waals surface area contributed by atoms with Gasteiger partial charge in [0.1, 0.15) is 11.6 Å². The molecule has 4 rings (SSSR count). The number of benzene rings is 1. The molecule has 1 N–H and O–H groups in total. The quantitative estimate of drug-likeness (QED) is 0.576. The Morgan fingerprint density at radius 1 is 0.920 bits per heavy atom. The molecule has 0 saturated heterocycles. The summed E-state index contributed by atoms with van der Waals surface area (Å²) in [7, 11) is 0. The van der Waals surface area contributed by atoms with E-state index < -0.39 is 0 Å². The van der Waals surface area contributed by atoms with Gasteiger partial charge in [-0.05, 0) is 58.0 Å². The van der Waals surface area contributed by atoms with Crippen molar-refractivity contribution in [1.82, 2.24) is 14.4 Å². The number of rotatable bonds is 3. The third-order valence-corrected chi connectivity index (χ3v) is 4.19. The lowest BCUT2D eigenvalue weighted by Gasteiger charge is -2.10. The summed E-state index contributed by atoms with van der Waals surface area (Å²) >= 11 is 0. The summed E-state index contributed by atoms with van der Waals surface area (Å²) < 4.78 is 7.85. The first-order valence-corrected chi connectivity index (χ1v) is 8.28. The average molecular weight is 332 g/mol. The number of aromatic nitrogens is 3. The molecule has 126 valence electrons. The van der Waals surface area contributed by atoms with E-state index in [0.717, 1.165) is 40.1 Å². The van der Waals surface area contributed by atoms with E-state index in [1.54, 1.807) is 0 Å². The highest BCUT2D eigenvalue weighted by atomic mass is 16.3.